The van der Waals surface area contributed by atoms with Crippen molar-refractivity contribution in [3.05, 3.63) is 70.5 Å². The molecule has 2 aromatic carbocycles. The first-order valence-electron chi connectivity index (χ1n) is 10.4. The molecule has 1 aliphatic heterocycles. The molecule has 0 radical (unpaired) electrons. The number of aliphatic hydroxyl groups is 1. The van der Waals surface area contributed by atoms with Crippen LogP contribution in [0.3, 0.4) is 0 Å². The maximum absolute atomic E-state index is 15.2. The summed E-state index contributed by atoms with van der Waals surface area (Å²) >= 11 is 6.32. The van der Waals surface area contributed by atoms with Gasteiger partial charge in [-0.25, -0.2) is 4.39 Å². The molecule has 0 spiro atoms. The van der Waals surface area contributed by atoms with E-state index in [2.05, 4.69) is 11.7 Å². The summed E-state index contributed by atoms with van der Waals surface area (Å²) in [5.74, 6) is -1.32. The topological polar surface area (TPSA) is 76.5 Å². The van der Waals surface area contributed by atoms with Crippen molar-refractivity contribution in [2.45, 2.75) is 19.8 Å². The largest absolute Gasteiger partial charge is 0.388 e. The summed E-state index contributed by atoms with van der Waals surface area (Å²) in [6.07, 6.45) is 0.362. The van der Waals surface area contributed by atoms with Crippen LogP contribution in [0.15, 0.2) is 53.7 Å². The van der Waals surface area contributed by atoms with Gasteiger partial charge in [0.15, 0.2) is 5.84 Å². The van der Waals surface area contributed by atoms with Crippen LogP contribution < -0.4 is 9.91 Å². The number of hydrogen-bond donors (Lipinski definition) is 1. The average molecular weight is 473 g/mol. The van der Waals surface area contributed by atoms with Crippen LogP contribution in [0.25, 0.3) is 0 Å². The van der Waals surface area contributed by atoms with E-state index in [-0.39, 0.29) is 29.5 Å². The zero-order valence-electron chi connectivity index (χ0n) is 18.8. The number of anilines is 2. The maximum Gasteiger partial charge on any atom is 0.258 e. The minimum atomic E-state index is -0.795. The first kappa shape index (κ1) is 24.4. The Bertz CT molecular complexity index is 1120. The molecule has 1 aliphatic rings. The molecule has 1 N–H and O–H groups in total. The van der Waals surface area contributed by atoms with Gasteiger partial charge in [-0.1, -0.05) is 35.9 Å². The molecule has 0 aliphatic carbocycles. The highest BCUT2D eigenvalue weighted by Crippen LogP contribution is 2.39. The summed E-state index contributed by atoms with van der Waals surface area (Å²) in [5.41, 5.74) is 1.88. The Kier molecular flexibility index (Phi) is 7.50. The van der Waals surface area contributed by atoms with Crippen LogP contribution >= 0.6 is 11.6 Å². The average Bonchev–Trinajstić information content (AvgIpc) is 2.80. The molecule has 174 valence electrons. The summed E-state index contributed by atoms with van der Waals surface area (Å²) in [6.45, 7) is 8.09. The van der Waals surface area contributed by atoms with Crippen molar-refractivity contribution in [3.8, 4) is 0 Å². The SMILES string of the molecule is C=C(C)C1CN(c2ccccc2Cl)C(=O)c2cc(F)c(N(C=O)/N=C(/CO)N(C)CC)cc21. The van der Waals surface area contributed by atoms with E-state index in [0.717, 1.165) is 16.6 Å². The summed E-state index contributed by atoms with van der Waals surface area (Å²) in [7, 11) is 1.69. The second-order valence-electron chi connectivity index (χ2n) is 7.80. The number of likely N-dealkylation sites (N-methyl/N-ethyl adjacent to an activating group) is 1. The number of amidine groups is 1. The van der Waals surface area contributed by atoms with Gasteiger partial charge in [-0.2, -0.15) is 5.01 Å². The van der Waals surface area contributed by atoms with Crippen molar-refractivity contribution in [1.82, 2.24) is 4.90 Å². The van der Waals surface area contributed by atoms with E-state index in [1.807, 2.05) is 13.8 Å². The second-order valence-corrected chi connectivity index (χ2v) is 8.20. The van der Waals surface area contributed by atoms with Crippen LogP contribution in [0.1, 0.15) is 35.7 Å². The number of hydrazone groups is 1. The van der Waals surface area contributed by atoms with Crippen molar-refractivity contribution in [2.75, 3.05) is 36.7 Å². The van der Waals surface area contributed by atoms with Gasteiger partial charge >= 0.3 is 0 Å². The summed E-state index contributed by atoms with van der Waals surface area (Å²) < 4.78 is 15.2. The van der Waals surface area contributed by atoms with E-state index in [0.29, 0.717) is 29.2 Å². The molecule has 0 aromatic heterocycles. The molecule has 7 nitrogen and oxygen atoms in total. The molecule has 0 fully saturated rings. The molecule has 9 heteroatoms. The molecule has 0 bridgehead atoms. The van der Waals surface area contributed by atoms with Gasteiger partial charge in [-0.05, 0) is 43.7 Å². The monoisotopic (exact) mass is 472 g/mol. The second kappa shape index (κ2) is 10.1. The van der Waals surface area contributed by atoms with E-state index >= 15 is 4.39 Å². The molecule has 3 rings (SSSR count). The third-order valence-corrected chi connectivity index (χ3v) is 6.02. The first-order valence-corrected chi connectivity index (χ1v) is 10.8. The van der Waals surface area contributed by atoms with Crippen molar-refractivity contribution < 1.29 is 19.1 Å². The minimum absolute atomic E-state index is 0.121. The van der Waals surface area contributed by atoms with Crippen molar-refractivity contribution in [2.24, 2.45) is 5.10 Å². The molecular weight excluding hydrogens is 447 g/mol. The number of nitrogens with zero attached hydrogens (tertiary/aromatic N) is 4. The number of aliphatic hydroxyl groups excluding tert-OH is 1. The van der Waals surface area contributed by atoms with Gasteiger partial charge in [0.1, 0.15) is 18.1 Å². The summed E-state index contributed by atoms with van der Waals surface area (Å²) in [6, 6.07) is 9.52. The van der Waals surface area contributed by atoms with Crippen LogP contribution in [0.5, 0.6) is 0 Å². The van der Waals surface area contributed by atoms with Gasteiger partial charge < -0.3 is 14.9 Å². The lowest BCUT2D eigenvalue weighted by atomic mass is 9.84. The number of para-hydroxylation sites is 1. The number of carbonyl (C=O) groups excluding carboxylic acids is 2. The molecule has 2 amide bonds. The first-order chi connectivity index (χ1) is 15.7. The van der Waals surface area contributed by atoms with E-state index in [1.165, 1.54) is 11.0 Å². The van der Waals surface area contributed by atoms with Gasteiger partial charge in [0.2, 0.25) is 6.41 Å². The fraction of sp³-hybridized carbons (Fsp3) is 0.292. The molecule has 1 heterocycles. The molecule has 1 atom stereocenters. The Morgan fingerprint density at radius 3 is 2.67 bits per heavy atom. The van der Waals surface area contributed by atoms with E-state index in [1.54, 1.807) is 36.2 Å². The third kappa shape index (κ3) is 4.77. The maximum atomic E-state index is 15.2. The van der Waals surface area contributed by atoms with Gasteiger partial charge in [0.25, 0.3) is 5.91 Å². The predicted molar refractivity (Wildman–Crippen MR) is 128 cm³/mol. The zero-order valence-corrected chi connectivity index (χ0v) is 19.5. The Hall–Kier alpha value is -3.23. The molecule has 0 saturated heterocycles. The number of halogens is 2. The van der Waals surface area contributed by atoms with E-state index in [9.17, 15) is 14.7 Å². The number of amides is 2. The molecular formula is C24H26ClFN4O3. The van der Waals surface area contributed by atoms with E-state index < -0.39 is 18.3 Å². The molecule has 0 saturated carbocycles. The number of hydrogen-bond acceptors (Lipinski definition) is 4. The Balaban J connectivity index is 2.13. The summed E-state index contributed by atoms with van der Waals surface area (Å²) in [4.78, 5) is 28.2. The molecule has 2 aromatic rings. The van der Waals surface area contributed by atoms with Crippen LogP contribution in [0.2, 0.25) is 5.02 Å². The highest BCUT2D eigenvalue weighted by atomic mass is 35.5. The number of carbonyl (C=O) groups is 2. The minimum Gasteiger partial charge on any atom is -0.388 e. The highest BCUT2D eigenvalue weighted by molar-refractivity contribution is 6.34. The van der Waals surface area contributed by atoms with Crippen molar-refractivity contribution in [3.63, 3.8) is 0 Å². The molecule has 1 unspecified atom stereocenters. The van der Waals surface area contributed by atoms with Gasteiger partial charge in [0, 0.05) is 31.6 Å². The van der Waals surface area contributed by atoms with Crippen molar-refractivity contribution in [1.29, 1.82) is 0 Å². The van der Waals surface area contributed by atoms with E-state index in [4.69, 9.17) is 11.6 Å². The lowest BCUT2D eigenvalue weighted by Crippen LogP contribution is -2.41. The third-order valence-electron chi connectivity index (χ3n) is 5.70. The van der Waals surface area contributed by atoms with Crippen LogP contribution in [0.4, 0.5) is 15.8 Å². The van der Waals surface area contributed by atoms with Gasteiger partial charge in [0.05, 0.1) is 10.7 Å². The number of benzene rings is 2. The normalized spacial score (nSPS) is 15.8. The fourth-order valence-electron chi connectivity index (χ4n) is 3.71. The van der Waals surface area contributed by atoms with Gasteiger partial charge in [-0.15, -0.1) is 5.10 Å². The van der Waals surface area contributed by atoms with Gasteiger partial charge in [-0.3, -0.25) is 9.59 Å². The molecule has 33 heavy (non-hydrogen) atoms. The van der Waals surface area contributed by atoms with Crippen LogP contribution in [-0.4, -0.2) is 54.9 Å². The van der Waals surface area contributed by atoms with Crippen LogP contribution in [-0.2, 0) is 4.79 Å². The Morgan fingerprint density at radius 2 is 2.09 bits per heavy atom. The number of rotatable bonds is 7. The van der Waals surface area contributed by atoms with Crippen molar-refractivity contribution >= 4 is 41.1 Å². The van der Waals surface area contributed by atoms with Crippen LogP contribution in [0, 0.1) is 5.82 Å². The smallest absolute Gasteiger partial charge is 0.258 e. The Labute approximate surface area is 197 Å². The lowest BCUT2D eigenvalue weighted by molar-refractivity contribution is -0.107. The summed E-state index contributed by atoms with van der Waals surface area (Å²) in [5, 5.41) is 15.0. The highest BCUT2D eigenvalue weighted by Gasteiger charge is 2.35. The Morgan fingerprint density at radius 1 is 1.39 bits per heavy atom. The fourth-order valence-corrected chi connectivity index (χ4v) is 3.94. The predicted octanol–water partition coefficient (Wildman–Crippen LogP) is 4.02. The quantitative estimate of drug-likeness (QED) is 0.217. The lowest BCUT2D eigenvalue weighted by Gasteiger charge is -2.35. The standard InChI is InChI=1S/C24H26ClFN4O3/c1-5-28(4)23(13-31)27-30(14-32)22-11-16-17(10-20(22)26)24(33)29(12-18(16)15(2)3)21-9-7-6-8-19(21)25/h6-11,14,18,31H,2,5,12-13H2,1,3-4H3/b27-23-. The number of fused-ring (bicyclic) bond motifs is 1. The zero-order chi connectivity index (χ0) is 24.3.